The molecule has 1 heterocycles. The van der Waals surface area contributed by atoms with Crippen molar-refractivity contribution in [2.75, 3.05) is 13.1 Å². The van der Waals surface area contributed by atoms with Gasteiger partial charge in [-0.3, -0.25) is 4.79 Å². The van der Waals surface area contributed by atoms with E-state index in [4.69, 9.17) is 0 Å². The molecule has 1 aromatic heterocycles. The lowest BCUT2D eigenvalue weighted by Crippen LogP contribution is -2.31. The Hall–Kier alpha value is -1.68. The highest BCUT2D eigenvalue weighted by molar-refractivity contribution is 7.13. The van der Waals surface area contributed by atoms with Crippen LogP contribution in [0.15, 0.2) is 29.6 Å². The van der Waals surface area contributed by atoms with Crippen LogP contribution in [0.25, 0.3) is 10.6 Å². The molecule has 0 spiro atoms. The minimum Gasteiger partial charge on any atom is -0.343 e. The monoisotopic (exact) mass is 288 g/mol. The molecular weight excluding hydrogens is 268 g/mol. The molecule has 0 atom stereocenters. The smallest absolute Gasteiger partial charge is 0.228 e. The predicted octanol–water partition coefficient (Wildman–Crippen LogP) is 3.53. The molecule has 0 aliphatic rings. The van der Waals surface area contributed by atoms with E-state index in [1.54, 1.807) is 11.3 Å². The van der Waals surface area contributed by atoms with Gasteiger partial charge in [-0.1, -0.05) is 29.8 Å². The minimum absolute atomic E-state index is 0.149. The van der Waals surface area contributed by atoms with Crippen LogP contribution in [0.4, 0.5) is 0 Å². The lowest BCUT2D eigenvalue weighted by Gasteiger charge is -2.17. The SMILES string of the molecule is CCN(CC)C(=O)Cc1csc(-c2ccc(C)cc2)n1. The van der Waals surface area contributed by atoms with Crippen LogP contribution in [0.2, 0.25) is 0 Å². The molecule has 3 nitrogen and oxygen atoms in total. The maximum Gasteiger partial charge on any atom is 0.228 e. The molecule has 0 saturated heterocycles. The second-order valence-corrected chi connectivity index (χ2v) is 5.61. The molecular formula is C16H20N2OS. The summed E-state index contributed by atoms with van der Waals surface area (Å²) in [5.74, 6) is 0.149. The average Bonchev–Trinajstić information content (AvgIpc) is 2.89. The van der Waals surface area contributed by atoms with E-state index in [0.29, 0.717) is 6.42 Å². The predicted molar refractivity (Wildman–Crippen MR) is 83.9 cm³/mol. The maximum absolute atomic E-state index is 12.1. The highest BCUT2D eigenvalue weighted by atomic mass is 32.1. The Bertz CT molecular complexity index is 570. The van der Waals surface area contributed by atoms with Gasteiger partial charge in [-0.25, -0.2) is 4.98 Å². The van der Waals surface area contributed by atoms with Crippen molar-refractivity contribution in [2.24, 2.45) is 0 Å². The zero-order valence-corrected chi connectivity index (χ0v) is 13.0. The number of aryl methyl sites for hydroxylation is 1. The summed E-state index contributed by atoms with van der Waals surface area (Å²) < 4.78 is 0. The number of amides is 1. The van der Waals surface area contributed by atoms with Crippen LogP contribution in [-0.2, 0) is 11.2 Å². The molecule has 1 aromatic carbocycles. The molecule has 2 aromatic rings. The number of benzene rings is 1. The first-order valence-electron chi connectivity index (χ1n) is 6.93. The van der Waals surface area contributed by atoms with Gasteiger partial charge in [0.1, 0.15) is 5.01 Å². The van der Waals surface area contributed by atoms with E-state index in [-0.39, 0.29) is 5.91 Å². The fraction of sp³-hybridized carbons (Fsp3) is 0.375. The van der Waals surface area contributed by atoms with Crippen molar-refractivity contribution >= 4 is 17.2 Å². The van der Waals surface area contributed by atoms with Crippen molar-refractivity contribution in [1.82, 2.24) is 9.88 Å². The molecule has 0 N–H and O–H groups in total. The first-order chi connectivity index (χ1) is 9.63. The van der Waals surface area contributed by atoms with E-state index >= 15 is 0 Å². The summed E-state index contributed by atoms with van der Waals surface area (Å²) in [6, 6.07) is 8.31. The van der Waals surface area contributed by atoms with Crippen molar-refractivity contribution in [1.29, 1.82) is 0 Å². The summed E-state index contributed by atoms with van der Waals surface area (Å²) in [5, 5.41) is 2.96. The van der Waals surface area contributed by atoms with Crippen LogP contribution < -0.4 is 0 Å². The molecule has 0 fully saturated rings. The fourth-order valence-corrected chi connectivity index (χ4v) is 2.89. The molecule has 0 aliphatic carbocycles. The van der Waals surface area contributed by atoms with Crippen molar-refractivity contribution in [3.8, 4) is 10.6 Å². The van der Waals surface area contributed by atoms with Crippen LogP contribution in [0, 0.1) is 6.92 Å². The third-order valence-corrected chi connectivity index (χ3v) is 4.24. The molecule has 0 unspecified atom stereocenters. The average molecular weight is 288 g/mol. The van der Waals surface area contributed by atoms with Gasteiger partial charge >= 0.3 is 0 Å². The van der Waals surface area contributed by atoms with Gasteiger partial charge in [0, 0.05) is 24.0 Å². The Kier molecular flexibility index (Phi) is 4.90. The molecule has 0 bridgehead atoms. The minimum atomic E-state index is 0.149. The Balaban J connectivity index is 2.09. The van der Waals surface area contributed by atoms with Crippen molar-refractivity contribution in [3.05, 3.63) is 40.9 Å². The van der Waals surface area contributed by atoms with Crippen LogP contribution in [-0.4, -0.2) is 28.9 Å². The topological polar surface area (TPSA) is 33.2 Å². The normalized spacial score (nSPS) is 10.6. The van der Waals surface area contributed by atoms with Crippen molar-refractivity contribution < 1.29 is 4.79 Å². The van der Waals surface area contributed by atoms with E-state index in [2.05, 4.69) is 36.2 Å². The highest BCUT2D eigenvalue weighted by Gasteiger charge is 2.13. The Morgan fingerprint density at radius 1 is 1.20 bits per heavy atom. The van der Waals surface area contributed by atoms with Gasteiger partial charge in [0.2, 0.25) is 5.91 Å². The Labute approximate surface area is 124 Å². The largest absolute Gasteiger partial charge is 0.343 e. The molecule has 20 heavy (non-hydrogen) atoms. The van der Waals surface area contributed by atoms with E-state index in [1.807, 2.05) is 24.1 Å². The summed E-state index contributed by atoms with van der Waals surface area (Å²) >= 11 is 1.60. The quantitative estimate of drug-likeness (QED) is 0.843. The molecule has 106 valence electrons. The van der Waals surface area contributed by atoms with Gasteiger partial charge in [-0.05, 0) is 20.8 Å². The maximum atomic E-state index is 12.1. The summed E-state index contributed by atoms with van der Waals surface area (Å²) in [6.07, 6.45) is 0.393. The first kappa shape index (κ1) is 14.7. The number of hydrogen-bond acceptors (Lipinski definition) is 3. The molecule has 4 heteroatoms. The van der Waals surface area contributed by atoms with E-state index in [0.717, 1.165) is 29.4 Å². The molecule has 0 radical (unpaired) electrons. The van der Waals surface area contributed by atoms with Crippen LogP contribution in [0.1, 0.15) is 25.1 Å². The fourth-order valence-electron chi connectivity index (χ4n) is 2.06. The number of rotatable bonds is 5. The lowest BCUT2D eigenvalue weighted by atomic mass is 10.2. The van der Waals surface area contributed by atoms with Gasteiger partial charge in [0.05, 0.1) is 12.1 Å². The number of carbonyl (C=O) groups excluding carboxylic acids is 1. The number of carbonyl (C=O) groups is 1. The third-order valence-electron chi connectivity index (χ3n) is 3.30. The van der Waals surface area contributed by atoms with Gasteiger partial charge in [-0.2, -0.15) is 0 Å². The molecule has 1 amide bonds. The summed E-state index contributed by atoms with van der Waals surface area (Å²) in [5.41, 5.74) is 3.21. The van der Waals surface area contributed by atoms with Crippen LogP contribution >= 0.6 is 11.3 Å². The first-order valence-corrected chi connectivity index (χ1v) is 7.81. The number of thiazole rings is 1. The number of hydrogen-bond donors (Lipinski definition) is 0. The Morgan fingerprint density at radius 3 is 2.45 bits per heavy atom. The van der Waals surface area contributed by atoms with Crippen molar-refractivity contribution in [3.63, 3.8) is 0 Å². The number of likely N-dealkylation sites (N-methyl/N-ethyl adjacent to an activating group) is 1. The van der Waals surface area contributed by atoms with E-state index < -0.39 is 0 Å². The van der Waals surface area contributed by atoms with Crippen molar-refractivity contribution in [2.45, 2.75) is 27.2 Å². The second-order valence-electron chi connectivity index (χ2n) is 4.75. The van der Waals surface area contributed by atoms with Gasteiger partial charge in [0.15, 0.2) is 0 Å². The molecule has 0 aliphatic heterocycles. The zero-order chi connectivity index (χ0) is 14.5. The lowest BCUT2D eigenvalue weighted by molar-refractivity contribution is -0.130. The summed E-state index contributed by atoms with van der Waals surface area (Å²) in [7, 11) is 0. The number of aromatic nitrogens is 1. The molecule has 0 saturated carbocycles. The Morgan fingerprint density at radius 2 is 1.85 bits per heavy atom. The van der Waals surface area contributed by atoms with E-state index in [1.165, 1.54) is 5.56 Å². The summed E-state index contributed by atoms with van der Waals surface area (Å²) in [4.78, 5) is 18.5. The third kappa shape index (κ3) is 3.45. The zero-order valence-electron chi connectivity index (χ0n) is 12.2. The number of nitrogens with zero attached hydrogens (tertiary/aromatic N) is 2. The second kappa shape index (κ2) is 6.66. The van der Waals surface area contributed by atoms with Gasteiger partial charge < -0.3 is 4.90 Å². The van der Waals surface area contributed by atoms with Gasteiger partial charge in [0.25, 0.3) is 0 Å². The van der Waals surface area contributed by atoms with Gasteiger partial charge in [-0.15, -0.1) is 11.3 Å². The van der Waals surface area contributed by atoms with Crippen LogP contribution in [0.3, 0.4) is 0 Å². The molecule has 2 rings (SSSR count). The standard InChI is InChI=1S/C16H20N2OS/c1-4-18(5-2)15(19)10-14-11-20-16(17-14)13-8-6-12(3)7-9-13/h6-9,11H,4-5,10H2,1-3H3. The summed E-state index contributed by atoms with van der Waals surface area (Å²) in [6.45, 7) is 7.58. The van der Waals surface area contributed by atoms with Crippen LogP contribution in [0.5, 0.6) is 0 Å². The highest BCUT2D eigenvalue weighted by Crippen LogP contribution is 2.24. The van der Waals surface area contributed by atoms with E-state index in [9.17, 15) is 4.79 Å².